The minimum Gasteiger partial charge on any atom is -0.487 e. The van der Waals surface area contributed by atoms with E-state index >= 15 is 0 Å². The molecule has 0 saturated carbocycles. The summed E-state index contributed by atoms with van der Waals surface area (Å²) in [4.78, 5) is 28.0. The summed E-state index contributed by atoms with van der Waals surface area (Å²) in [7, 11) is 0. The van der Waals surface area contributed by atoms with Crippen LogP contribution in [-0.2, 0) is 11.4 Å². The van der Waals surface area contributed by atoms with Crippen LogP contribution in [0.25, 0.3) is 6.08 Å². The third-order valence-corrected chi connectivity index (χ3v) is 7.88. The first-order valence-electron chi connectivity index (χ1n) is 10.1. The zero-order chi connectivity index (χ0) is 25.1. The van der Waals surface area contributed by atoms with E-state index in [1.165, 1.54) is 23.9 Å². The van der Waals surface area contributed by atoms with E-state index in [1.54, 1.807) is 18.2 Å². The number of hydrogen-bond donors (Lipinski definition) is 1. The van der Waals surface area contributed by atoms with Crippen LogP contribution < -0.4 is 10.1 Å². The Hall–Kier alpha value is -2.16. The van der Waals surface area contributed by atoms with E-state index in [2.05, 4.69) is 55.5 Å². The van der Waals surface area contributed by atoms with Crippen molar-refractivity contribution < 1.29 is 14.5 Å². The number of halogens is 3. The van der Waals surface area contributed by atoms with Gasteiger partial charge >= 0.3 is 0 Å². The van der Waals surface area contributed by atoms with E-state index in [9.17, 15) is 14.9 Å². The van der Waals surface area contributed by atoms with Gasteiger partial charge in [-0.05, 0) is 123 Å². The molecule has 178 valence electrons. The van der Waals surface area contributed by atoms with Gasteiger partial charge in [0.05, 0.1) is 22.7 Å². The third kappa shape index (κ3) is 6.35. The van der Waals surface area contributed by atoms with Gasteiger partial charge in [-0.3, -0.25) is 14.9 Å². The lowest BCUT2D eigenvalue weighted by Crippen LogP contribution is -2.19. The largest absolute Gasteiger partial charge is 0.487 e. The minimum atomic E-state index is -0.431. The Morgan fingerprint density at radius 1 is 1.17 bits per heavy atom. The Kier molecular flexibility index (Phi) is 8.34. The molecule has 1 amide bonds. The molecule has 1 aliphatic rings. The zero-order valence-electron chi connectivity index (χ0n) is 18.1. The summed E-state index contributed by atoms with van der Waals surface area (Å²) in [6.45, 7) is 2.17. The number of rotatable bonds is 6. The molecule has 11 heteroatoms. The minimum absolute atomic E-state index is 0.0417. The number of nitrogens with zero attached hydrogens (tertiary/aromatic N) is 2. The molecule has 0 atom stereocenters. The van der Waals surface area contributed by atoms with E-state index in [0.717, 1.165) is 23.8 Å². The van der Waals surface area contributed by atoms with Gasteiger partial charge in [-0.25, -0.2) is 4.99 Å². The number of benzene rings is 3. The molecule has 4 rings (SSSR count). The van der Waals surface area contributed by atoms with Gasteiger partial charge in [0, 0.05) is 17.2 Å². The molecule has 1 N–H and O–H groups in total. The number of aliphatic imine (C=N–C) groups is 1. The summed E-state index contributed by atoms with van der Waals surface area (Å²) in [6.07, 6.45) is 1.82. The van der Waals surface area contributed by atoms with E-state index in [1.807, 2.05) is 37.3 Å². The number of amides is 1. The second-order valence-electron chi connectivity index (χ2n) is 7.39. The molecule has 0 spiro atoms. The Bertz CT molecular complexity index is 1370. The Balaban J connectivity index is 1.49. The Morgan fingerprint density at radius 3 is 2.51 bits per heavy atom. The first-order valence-corrected chi connectivity index (χ1v) is 13.5. The maximum Gasteiger partial charge on any atom is 0.269 e. The molecule has 0 aliphatic carbocycles. The molecule has 35 heavy (non-hydrogen) atoms. The fourth-order valence-electron chi connectivity index (χ4n) is 3.13. The highest BCUT2D eigenvalue weighted by Gasteiger charge is 2.24. The second kappa shape index (κ2) is 11.3. The highest BCUT2D eigenvalue weighted by Crippen LogP contribution is 2.34. The van der Waals surface area contributed by atoms with Gasteiger partial charge in [-0.2, -0.15) is 0 Å². The number of nitrogens with one attached hydrogen (secondary N) is 1. The number of thioether (sulfide) groups is 1. The van der Waals surface area contributed by atoms with Gasteiger partial charge in [-0.1, -0.05) is 17.7 Å². The molecule has 0 aromatic heterocycles. The van der Waals surface area contributed by atoms with Crippen molar-refractivity contribution in [3.05, 3.63) is 98.5 Å². The van der Waals surface area contributed by atoms with Gasteiger partial charge in [0.25, 0.3) is 11.6 Å². The first kappa shape index (κ1) is 25.9. The van der Waals surface area contributed by atoms with Crippen molar-refractivity contribution in [2.75, 3.05) is 0 Å². The standard InChI is InChI=1S/C24H16ClI2N3O4S/c1-13-17(25)3-2-4-20(13)28-24-29-23(31)21(35-24)11-15-9-18(26)22(19(27)10-15)34-12-14-5-7-16(8-6-14)30(32)33/h2-11H,12H2,1H3,(H,28,29,31)/b21-11+. The second-order valence-corrected chi connectivity index (χ2v) is 11.2. The van der Waals surface area contributed by atoms with Gasteiger partial charge in [0.1, 0.15) is 12.4 Å². The van der Waals surface area contributed by atoms with Crippen molar-refractivity contribution >= 4 is 97.1 Å². The average Bonchev–Trinajstić information content (AvgIpc) is 3.15. The summed E-state index contributed by atoms with van der Waals surface area (Å²) in [5, 5.41) is 14.7. The summed E-state index contributed by atoms with van der Waals surface area (Å²) in [6, 6.07) is 15.6. The van der Waals surface area contributed by atoms with Crippen LogP contribution >= 0.6 is 68.5 Å². The molecule has 1 fully saturated rings. The lowest BCUT2D eigenvalue weighted by atomic mass is 10.2. The molecule has 0 bridgehead atoms. The normalized spacial score (nSPS) is 15.5. The molecular weight excluding hydrogens is 716 g/mol. The number of amidine groups is 1. The molecule has 3 aromatic carbocycles. The van der Waals surface area contributed by atoms with Crippen molar-refractivity contribution in [1.82, 2.24) is 5.32 Å². The summed E-state index contributed by atoms with van der Waals surface area (Å²) in [5.74, 6) is 0.505. The lowest BCUT2D eigenvalue weighted by molar-refractivity contribution is -0.384. The average molecular weight is 732 g/mol. The number of ether oxygens (including phenoxy) is 1. The number of nitro groups is 1. The van der Waals surface area contributed by atoms with Crippen LogP contribution in [0, 0.1) is 24.2 Å². The molecule has 3 aromatic rings. The van der Waals surface area contributed by atoms with E-state index in [4.69, 9.17) is 16.3 Å². The van der Waals surface area contributed by atoms with Crippen LogP contribution in [0.5, 0.6) is 5.75 Å². The topological polar surface area (TPSA) is 93.8 Å². The van der Waals surface area contributed by atoms with E-state index in [0.29, 0.717) is 26.5 Å². The van der Waals surface area contributed by atoms with Crippen LogP contribution in [-0.4, -0.2) is 16.0 Å². The molecule has 7 nitrogen and oxygen atoms in total. The van der Waals surface area contributed by atoms with Crippen LogP contribution in [0.1, 0.15) is 16.7 Å². The molecule has 0 radical (unpaired) electrons. The number of carbonyl (C=O) groups is 1. The van der Waals surface area contributed by atoms with E-state index in [-0.39, 0.29) is 18.2 Å². The Morgan fingerprint density at radius 2 is 1.86 bits per heavy atom. The number of hydrogen-bond acceptors (Lipinski definition) is 6. The number of nitro benzene ring substituents is 1. The van der Waals surface area contributed by atoms with Crippen LogP contribution in [0.4, 0.5) is 11.4 Å². The smallest absolute Gasteiger partial charge is 0.269 e. The fourth-order valence-corrected chi connectivity index (χ4v) is 6.26. The van der Waals surface area contributed by atoms with Crippen LogP contribution in [0.3, 0.4) is 0 Å². The number of carbonyl (C=O) groups excluding carboxylic acids is 1. The molecule has 1 heterocycles. The fraction of sp³-hybridized carbons (Fsp3) is 0.0833. The highest BCUT2D eigenvalue weighted by molar-refractivity contribution is 14.1. The van der Waals surface area contributed by atoms with E-state index < -0.39 is 4.92 Å². The maximum absolute atomic E-state index is 12.5. The van der Waals surface area contributed by atoms with Gasteiger partial charge in [0.2, 0.25) is 0 Å². The van der Waals surface area contributed by atoms with Gasteiger partial charge < -0.3 is 10.1 Å². The molecular formula is C24H16ClI2N3O4S. The van der Waals surface area contributed by atoms with Crippen molar-refractivity contribution in [1.29, 1.82) is 0 Å². The van der Waals surface area contributed by atoms with Crippen LogP contribution in [0.15, 0.2) is 64.5 Å². The zero-order valence-corrected chi connectivity index (χ0v) is 23.9. The highest BCUT2D eigenvalue weighted by atomic mass is 127. The van der Waals surface area contributed by atoms with Gasteiger partial charge in [0.15, 0.2) is 5.17 Å². The first-order chi connectivity index (χ1) is 16.7. The predicted octanol–water partition coefficient (Wildman–Crippen LogP) is 7.24. The van der Waals surface area contributed by atoms with Gasteiger partial charge in [-0.15, -0.1) is 0 Å². The third-order valence-electron chi connectivity index (χ3n) is 4.96. The summed E-state index contributed by atoms with van der Waals surface area (Å²) in [5.41, 5.74) is 3.29. The summed E-state index contributed by atoms with van der Waals surface area (Å²) >= 11 is 11.8. The summed E-state index contributed by atoms with van der Waals surface area (Å²) < 4.78 is 7.75. The van der Waals surface area contributed by atoms with Crippen molar-refractivity contribution in [3.8, 4) is 5.75 Å². The van der Waals surface area contributed by atoms with Crippen molar-refractivity contribution in [3.63, 3.8) is 0 Å². The SMILES string of the molecule is Cc1c(Cl)cccc1N=C1NC(=O)/C(=C\c2cc(I)c(OCc3ccc([N+](=O)[O-])cc3)c(I)c2)S1. The molecule has 1 saturated heterocycles. The lowest BCUT2D eigenvalue weighted by Gasteiger charge is -2.11. The quantitative estimate of drug-likeness (QED) is 0.125. The molecule has 0 unspecified atom stereocenters. The van der Waals surface area contributed by atoms with Crippen LogP contribution in [0.2, 0.25) is 5.02 Å². The number of non-ortho nitro benzene ring substituents is 1. The molecule has 1 aliphatic heterocycles. The monoisotopic (exact) mass is 731 g/mol. The maximum atomic E-state index is 12.5. The Labute approximate surface area is 237 Å². The van der Waals surface area contributed by atoms with Crippen molar-refractivity contribution in [2.45, 2.75) is 13.5 Å². The predicted molar refractivity (Wildman–Crippen MR) is 156 cm³/mol. The van der Waals surface area contributed by atoms with Crippen molar-refractivity contribution in [2.24, 2.45) is 4.99 Å².